The summed E-state index contributed by atoms with van der Waals surface area (Å²) >= 11 is 0. The van der Waals surface area contributed by atoms with Gasteiger partial charge in [0.2, 0.25) is 0 Å². The normalized spacial score (nSPS) is 43.8. The molecule has 0 spiro atoms. The lowest BCUT2D eigenvalue weighted by molar-refractivity contribution is 0.664. The molecule has 1 aliphatic heterocycles. The third-order valence-corrected chi connectivity index (χ3v) is 8.42. The van der Waals surface area contributed by atoms with Crippen LogP contribution >= 0.6 is 0 Å². The highest BCUT2D eigenvalue weighted by Crippen LogP contribution is 2.30. The van der Waals surface area contributed by atoms with E-state index in [9.17, 15) is 4.21 Å². The van der Waals surface area contributed by atoms with Gasteiger partial charge in [-0.2, -0.15) is 0 Å². The van der Waals surface area contributed by atoms with Gasteiger partial charge in [-0.3, -0.25) is 4.21 Å². The Labute approximate surface area is 73.0 Å². The predicted octanol–water partition coefficient (Wildman–Crippen LogP) is 2.23. The van der Waals surface area contributed by atoms with E-state index in [2.05, 4.69) is 26.9 Å². The molecule has 1 saturated heterocycles. The van der Waals surface area contributed by atoms with Crippen molar-refractivity contribution in [2.75, 3.05) is 0 Å². The van der Waals surface area contributed by atoms with Crippen LogP contribution in [0.25, 0.3) is 0 Å². The van der Waals surface area contributed by atoms with Gasteiger partial charge in [0.05, 0.1) is 0 Å². The second-order valence-electron chi connectivity index (χ2n) is 4.52. The van der Waals surface area contributed by atoms with Gasteiger partial charge in [-0.05, 0) is 12.1 Å². The van der Waals surface area contributed by atoms with Gasteiger partial charge in [-0.25, -0.2) is 0 Å². The Morgan fingerprint density at radius 2 is 1.55 bits per heavy atom. The van der Waals surface area contributed by atoms with Crippen LogP contribution in [-0.4, -0.2) is 22.8 Å². The van der Waals surface area contributed by atoms with E-state index >= 15 is 0 Å². The average Bonchev–Trinajstić information content (AvgIpc) is 1.81. The van der Waals surface area contributed by atoms with Gasteiger partial charge in [0.1, 0.15) is 0 Å². The smallest absolute Gasteiger partial charge is 0.0497 e. The van der Waals surface area contributed by atoms with Gasteiger partial charge in [-0.15, -0.1) is 0 Å². The Morgan fingerprint density at radius 1 is 1.18 bits per heavy atom. The summed E-state index contributed by atoms with van der Waals surface area (Å²) in [5.74, 6) is 0. The fraction of sp³-hybridized carbons (Fsp3) is 1.00. The van der Waals surface area contributed by atoms with Crippen LogP contribution in [0.4, 0.5) is 0 Å². The first-order valence-electron chi connectivity index (χ1n) is 4.32. The molecule has 1 fully saturated rings. The van der Waals surface area contributed by atoms with Crippen molar-refractivity contribution in [1.82, 2.24) is 0 Å². The maximum Gasteiger partial charge on any atom is 0.0497 e. The summed E-state index contributed by atoms with van der Waals surface area (Å²) in [6, 6.07) is 2.51. The number of rotatable bonds is 0. The second-order valence-corrected chi connectivity index (χ2v) is 11.9. The molecule has 1 heterocycles. The lowest BCUT2D eigenvalue weighted by Gasteiger charge is -2.35. The van der Waals surface area contributed by atoms with Crippen LogP contribution in [0.2, 0.25) is 25.2 Å². The summed E-state index contributed by atoms with van der Waals surface area (Å²) in [5, 5.41) is 0.917. The van der Waals surface area contributed by atoms with E-state index in [1.54, 1.807) is 0 Å². The van der Waals surface area contributed by atoms with Crippen LogP contribution in [0.5, 0.6) is 0 Å². The quantitative estimate of drug-likeness (QED) is 0.535. The molecule has 0 amide bonds. The first-order chi connectivity index (χ1) is 4.92. The highest BCUT2D eigenvalue weighted by Gasteiger charge is 2.36. The highest BCUT2D eigenvalue weighted by atomic mass is 32.2. The molecule has 2 atom stereocenters. The zero-order valence-corrected chi connectivity index (χ0v) is 9.70. The number of hydrogen-bond acceptors (Lipinski definition) is 1. The molecular formula is C8H18OSSi. The van der Waals surface area contributed by atoms with Gasteiger partial charge in [0, 0.05) is 29.4 Å². The summed E-state index contributed by atoms with van der Waals surface area (Å²) in [4.78, 5) is 0. The van der Waals surface area contributed by atoms with Crippen LogP contribution in [0.3, 0.4) is 0 Å². The fourth-order valence-corrected chi connectivity index (χ4v) is 10.3. The maximum absolute atomic E-state index is 11.5. The summed E-state index contributed by atoms with van der Waals surface area (Å²) in [6.07, 6.45) is 0. The minimum atomic E-state index is -0.951. The Morgan fingerprint density at radius 3 is 1.91 bits per heavy atom. The zero-order chi connectivity index (χ0) is 8.65. The van der Waals surface area contributed by atoms with E-state index in [4.69, 9.17) is 0 Å². The molecule has 1 aliphatic rings. The van der Waals surface area contributed by atoms with Crippen molar-refractivity contribution in [3.8, 4) is 0 Å². The molecule has 66 valence electrons. The predicted molar refractivity (Wildman–Crippen MR) is 54.2 cm³/mol. The van der Waals surface area contributed by atoms with E-state index < -0.39 is 18.9 Å². The molecular weight excluding hydrogens is 172 g/mol. The molecule has 0 bridgehead atoms. The van der Waals surface area contributed by atoms with Crippen LogP contribution in [0.1, 0.15) is 13.8 Å². The van der Waals surface area contributed by atoms with Crippen molar-refractivity contribution in [3.05, 3.63) is 0 Å². The monoisotopic (exact) mass is 190 g/mol. The lowest BCUT2D eigenvalue weighted by atomic mass is 10.5. The van der Waals surface area contributed by atoms with Gasteiger partial charge in [0.25, 0.3) is 0 Å². The van der Waals surface area contributed by atoms with E-state index in [0.29, 0.717) is 10.5 Å². The molecule has 11 heavy (non-hydrogen) atoms. The van der Waals surface area contributed by atoms with E-state index in [-0.39, 0.29) is 0 Å². The molecule has 0 radical (unpaired) electrons. The minimum absolute atomic E-state index is 0.459. The van der Waals surface area contributed by atoms with Gasteiger partial charge in [0.15, 0.2) is 0 Å². The minimum Gasteiger partial charge on any atom is -0.259 e. The highest BCUT2D eigenvalue weighted by molar-refractivity contribution is 7.86. The SMILES string of the molecule is CC1C[Si](C)(C)CC(C)S1=O. The maximum atomic E-state index is 11.5. The van der Waals surface area contributed by atoms with Crippen molar-refractivity contribution in [3.63, 3.8) is 0 Å². The summed E-state index contributed by atoms with van der Waals surface area (Å²) in [7, 11) is -1.49. The molecule has 1 nitrogen and oxygen atoms in total. The van der Waals surface area contributed by atoms with Gasteiger partial charge < -0.3 is 0 Å². The van der Waals surface area contributed by atoms with Crippen LogP contribution in [0, 0.1) is 0 Å². The van der Waals surface area contributed by atoms with Gasteiger partial charge >= 0.3 is 0 Å². The summed E-state index contributed by atoms with van der Waals surface area (Å²) in [6.45, 7) is 9.10. The first-order valence-corrected chi connectivity index (χ1v) is 9.01. The molecule has 0 saturated carbocycles. The largest absolute Gasteiger partial charge is 0.259 e. The van der Waals surface area contributed by atoms with Crippen LogP contribution in [0.15, 0.2) is 0 Å². The van der Waals surface area contributed by atoms with Crippen LogP contribution < -0.4 is 0 Å². The van der Waals surface area contributed by atoms with Crippen molar-refractivity contribution < 1.29 is 4.21 Å². The summed E-state index contributed by atoms with van der Waals surface area (Å²) in [5.41, 5.74) is 0. The molecule has 3 heteroatoms. The molecule has 1 rings (SSSR count). The average molecular weight is 190 g/mol. The summed E-state index contributed by atoms with van der Waals surface area (Å²) < 4.78 is 11.5. The van der Waals surface area contributed by atoms with Gasteiger partial charge in [-0.1, -0.05) is 26.9 Å². The van der Waals surface area contributed by atoms with E-state index in [1.807, 2.05) is 0 Å². The molecule has 0 aromatic heterocycles. The molecule has 2 unspecified atom stereocenters. The first kappa shape index (κ1) is 9.45. The topological polar surface area (TPSA) is 17.1 Å². The number of hydrogen-bond donors (Lipinski definition) is 0. The van der Waals surface area contributed by atoms with E-state index in [0.717, 1.165) is 0 Å². The Balaban J connectivity index is 2.70. The molecule has 0 aromatic rings. The third kappa shape index (κ3) is 2.15. The van der Waals surface area contributed by atoms with Crippen molar-refractivity contribution in [2.24, 2.45) is 0 Å². The lowest BCUT2D eigenvalue weighted by Crippen LogP contribution is -2.43. The molecule has 0 aromatic carbocycles. The second kappa shape index (κ2) is 3.02. The fourth-order valence-electron chi connectivity index (χ4n) is 2.20. The van der Waals surface area contributed by atoms with Crippen LogP contribution in [-0.2, 0) is 10.8 Å². The third-order valence-electron chi connectivity index (χ3n) is 2.47. The molecule has 0 N–H and O–H groups in total. The van der Waals surface area contributed by atoms with Crippen molar-refractivity contribution in [2.45, 2.75) is 49.5 Å². The van der Waals surface area contributed by atoms with E-state index in [1.165, 1.54) is 12.1 Å². The Kier molecular flexibility index (Phi) is 2.59. The van der Waals surface area contributed by atoms with Crippen molar-refractivity contribution in [1.29, 1.82) is 0 Å². The standard InChI is InChI=1S/C8H18OSSi/c1-7-5-11(3,4)6-8(2)10(7)9/h7-8H,5-6H2,1-4H3. The Bertz CT molecular complexity index is 163. The Hall–Kier alpha value is 0.367. The van der Waals surface area contributed by atoms with Crippen molar-refractivity contribution >= 4 is 18.9 Å². The zero-order valence-electron chi connectivity index (χ0n) is 7.89. The molecule has 0 aliphatic carbocycles.